The van der Waals surface area contributed by atoms with Crippen molar-refractivity contribution in [1.82, 2.24) is 25.1 Å². The number of hydrogen-bond donors (Lipinski definition) is 2. The standard InChI is InChI=1S/C13H11N5O2/c19-12-5-4-10(16-17-12)13(20)14-7-9-8-15-18-6-2-1-3-11(9)18/h1-6,8H,7H2,(H,14,20)(H,17,19). The molecule has 0 fully saturated rings. The summed E-state index contributed by atoms with van der Waals surface area (Å²) in [6, 6.07) is 8.35. The average molecular weight is 269 g/mol. The summed E-state index contributed by atoms with van der Waals surface area (Å²) in [5, 5.41) is 12.8. The topological polar surface area (TPSA) is 92.2 Å². The zero-order valence-corrected chi connectivity index (χ0v) is 10.4. The fourth-order valence-electron chi connectivity index (χ4n) is 1.86. The fraction of sp³-hybridized carbons (Fsp3) is 0.0769. The van der Waals surface area contributed by atoms with Gasteiger partial charge in [-0.05, 0) is 18.2 Å². The van der Waals surface area contributed by atoms with Crippen molar-refractivity contribution in [1.29, 1.82) is 0 Å². The molecule has 0 saturated carbocycles. The van der Waals surface area contributed by atoms with E-state index in [-0.39, 0.29) is 17.2 Å². The number of pyridine rings is 1. The third-order valence-corrected chi connectivity index (χ3v) is 2.86. The highest BCUT2D eigenvalue weighted by molar-refractivity contribution is 5.92. The average Bonchev–Trinajstić information content (AvgIpc) is 2.89. The normalized spacial score (nSPS) is 10.6. The van der Waals surface area contributed by atoms with Gasteiger partial charge in [0, 0.05) is 24.4 Å². The van der Waals surface area contributed by atoms with E-state index >= 15 is 0 Å². The molecule has 0 aromatic carbocycles. The summed E-state index contributed by atoms with van der Waals surface area (Å²) in [5.74, 6) is -0.350. The van der Waals surface area contributed by atoms with Gasteiger partial charge in [0.15, 0.2) is 0 Å². The lowest BCUT2D eigenvalue weighted by molar-refractivity contribution is 0.0945. The van der Waals surface area contributed by atoms with Gasteiger partial charge in [-0.1, -0.05) is 6.07 Å². The quantitative estimate of drug-likeness (QED) is 0.717. The monoisotopic (exact) mass is 269 g/mol. The highest BCUT2D eigenvalue weighted by Gasteiger charge is 2.09. The first-order valence-electron chi connectivity index (χ1n) is 5.99. The number of aromatic amines is 1. The van der Waals surface area contributed by atoms with E-state index in [0.29, 0.717) is 6.54 Å². The second kappa shape index (κ2) is 4.96. The maximum Gasteiger partial charge on any atom is 0.271 e. The Morgan fingerprint density at radius 3 is 3.00 bits per heavy atom. The van der Waals surface area contributed by atoms with Crippen molar-refractivity contribution in [3.05, 3.63) is 64.3 Å². The Hall–Kier alpha value is -2.96. The Bertz CT molecular complexity index is 800. The van der Waals surface area contributed by atoms with Crippen molar-refractivity contribution < 1.29 is 4.79 Å². The van der Waals surface area contributed by atoms with Crippen molar-refractivity contribution in [2.75, 3.05) is 0 Å². The molecule has 0 atom stereocenters. The Balaban J connectivity index is 1.74. The van der Waals surface area contributed by atoms with Crippen molar-refractivity contribution in [3.63, 3.8) is 0 Å². The number of carbonyl (C=O) groups excluding carboxylic acids is 1. The van der Waals surface area contributed by atoms with Gasteiger partial charge in [-0.25, -0.2) is 9.61 Å². The molecule has 0 saturated heterocycles. The molecular weight excluding hydrogens is 258 g/mol. The van der Waals surface area contributed by atoms with Gasteiger partial charge in [0.25, 0.3) is 11.5 Å². The zero-order chi connectivity index (χ0) is 13.9. The number of carbonyl (C=O) groups is 1. The smallest absolute Gasteiger partial charge is 0.271 e. The molecule has 0 bridgehead atoms. The van der Waals surface area contributed by atoms with Crippen LogP contribution in [-0.4, -0.2) is 25.7 Å². The highest BCUT2D eigenvalue weighted by Crippen LogP contribution is 2.09. The summed E-state index contributed by atoms with van der Waals surface area (Å²) < 4.78 is 1.74. The van der Waals surface area contributed by atoms with Gasteiger partial charge in [-0.2, -0.15) is 10.2 Å². The van der Waals surface area contributed by atoms with Gasteiger partial charge in [0.2, 0.25) is 0 Å². The molecule has 1 amide bonds. The number of nitrogens with one attached hydrogen (secondary N) is 2. The van der Waals surface area contributed by atoms with Crippen LogP contribution in [0.5, 0.6) is 0 Å². The number of fused-ring (bicyclic) bond motifs is 1. The lowest BCUT2D eigenvalue weighted by Gasteiger charge is -2.03. The van der Waals surface area contributed by atoms with E-state index in [1.54, 1.807) is 10.7 Å². The predicted molar refractivity (Wildman–Crippen MR) is 71.2 cm³/mol. The number of amides is 1. The number of rotatable bonds is 3. The Labute approximate surface area is 113 Å². The predicted octanol–water partition coefficient (Wildman–Crippen LogP) is 0.348. The molecule has 3 heterocycles. The van der Waals surface area contributed by atoms with Crippen molar-refractivity contribution >= 4 is 11.4 Å². The number of nitrogens with zero attached hydrogens (tertiary/aromatic N) is 3. The minimum atomic E-state index is -0.350. The summed E-state index contributed by atoms with van der Waals surface area (Å²) >= 11 is 0. The van der Waals surface area contributed by atoms with Crippen LogP contribution in [0.1, 0.15) is 16.1 Å². The van der Waals surface area contributed by atoms with E-state index < -0.39 is 0 Å². The van der Waals surface area contributed by atoms with Crippen LogP contribution >= 0.6 is 0 Å². The van der Waals surface area contributed by atoms with E-state index in [1.165, 1.54) is 12.1 Å². The first kappa shape index (κ1) is 12.1. The third kappa shape index (κ3) is 2.28. The molecule has 3 rings (SSSR count). The molecule has 7 nitrogen and oxygen atoms in total. The summed E-state index contributed by atoms with van der Waals surface area (Å²) in [7, 11) is 0. The molecule has 20 heavy (non-hydrogen) atoms. The van der Waals surface area contributed by atoms with Gasteiger partial charge in [0.1, 0.15) is 5.69 Å². The van der Waals surface area contributed by atoms with Crippen LogP contribution in [-0.2, 0) is 6.54 Å². The Morgan fingerprint density at radius 2 is 2.20 bits per heavy atom. The second-order valence-electron chi connectivity index (χ2n) is 4.19. The van der Waals surface area contributed by atoms with E-state index in [4.69, 9.17) is 0 Å². The lowest BCUT2D eigenvalue weighted by atomic mass is 10.2. The molecule has 2 N–H and O–H groups in total. The largest absolute Gasteiger partial charge is 0.346 e. The van der Waals surface area contributed by atoms with Crippen molar-refractivity contribution in [2.45, 2.75) is 6.54 Å². The molecule has 0 radical (unpaired) electrons. The Kier molecular flexibility index (Phi) is 3.00. The van der Waals surface area contributed by atoms with Crippen LogP contribution in [0.2, 0.25) is 0 Å². The van der Waals surface area contributed by atoms with E-state index in [9.17, 15) is 9.59 Å². The molecule has 100 valence electrons. The van der Waals surface area contributed by atoms with Crippen LogP contribution < -0.4 is 10.9 Å². The van der Waals surface area contributed by atoms with Gasteiger partial charge < -0.3 is 5.32 Å². The van der Waals surface area contributed by atoms with Crippen molar-refractivity contribution in [2.24, 2.45) is 0 Å². The zero-order valence-electron chi connectivity index (χ0n) is 10.4. The summed E-state index contributed by atoms with van der Waals surface area (Å²) in [4.78, 5) is 22.7. The molecule has 3 aromatic rings. The molecule has 0 spiro atoms. The highest BCUT2D eigenvalue weighted by atomic mass is 16.2. The van der Waals surface area contributed by atoms with E-state index in [0.717, 1.165) is 11.1 Å². The molecule has 0 aliphatic carbocycles. The molecule has 0 aliphatic rings. The van der Waals surface area contributed by atoms with Crippen LogP contribution in [0.4, 0.5) is 0 Å². The van der Waals surface area contributed by atoms with Crippen LogP contribution in [0.3, 0.4) is 0 Å². The second-order valence-corrected chi connectivity index (χ2v) is 4.19. The van der Waals surface area contributed by atoms with Gasteiger partial charge in [0.05, 0.1) is 11.7 Å². The SMILES string of the molecule is O=C(NCc1cnn2ccccc12)c1ccc(=O)[nH]n1. The van der Waals surface area contributed by atoms with Gasteiger partial charge in [-0.15, -0.1) is 0 Å². The number of hydrogen-bond acceptors (Lipinski definition) is 4. The Morgan fingerprint density at radius 1 is 1.30 bits per heavy atom. The van der Waals surface area contributed by atoms with E-state index in [1.807, 2.05) is 24.4 Å². The van der Waals surface area contributed by atoms with Crippen LogP contribution in [0.15, 0.2) is 47.5 Å². The number of H-pyrrole nitrogens is 1. The fourth-order valence-corrected chi connectivity index (χ4v) is 1.86. The molecule has 0 aliphatic heterocycles. The lowest BCUT2D eigenvalue weighted by Crippen LogP contribution is -2.25. The van der Waals surface area contributed by atoms with Crippen LogP contribution in [0, 0.1) is 0 Å². The molecule has 3 aromatic heterocycles. The first-order valence-corrected chi connectivity index (χ1v) is 5.99. The number of aromatic nitrogens is 4. The van der Waals surface area contributed by atoms with E-state index in [2.05, 4.69) is 20.6 Å². The third-order valence-electron chi connectivity index (χ3n) is 2.86. The van der Waals surface area contributed by atoms with Crippen molar-refractivity contribution in [3.8, 4) is 0 Å². The molecular formula is C13H11N5O2. The minimum absolute atomic E-state index is 0.168. The van der Waals surface area contributed by atoms with Gasteiger partial charge in [-0.3, -0.25) is 9.59 Å². The summed E-state index contributed by atoms with van der Waals surface area (Å²) in [5.41, 5.74) is 1.66. The summed E-state index contributed by atoms with van der Waals surface area (Å²) in [6.07, 6.45) is 3.54. The maximum absolute atomic E-state index is 11.9. The first-order chi connectivity index (χ1) is 9.74. The maximum atomic E-state index is 11.9. The van der Waals surface area contributed by atoms with Crippen LogP contribution in [0.25, 0.3) is 5.52 Å². The summed E-state index contributed by atoms with van der Waals surface area (Å²) in [6.45, 7) is 0.340. The molecule has 7 heteroatoms. The molecule has 0 unspecified atom stereocenters. The minimum Gasteiger partial charge on any atom is -0.346 e. The van der Waals surface area contributed by atoms with Gasteiger partial charge >= 0.3 is 0 Å².